The highest BCUT2D eigenvalue weighted by Crippen LogP contribution is 2.46. The molecule has 0 radical (unpaired) electrons. The second-order valence-electron chi connectivity index (χ2n) is 10.7. The van der Waals surface area contributed by atoms with Crippen LogP contribution in [0.15, 0.2) is 42.5 Å². The number of carbonyl (C=O) groups excluding carboxylic acids is 2. The van der Waals surface area contributed by atoms with Crippen molar-refractivity contribution in [2.75, 3.05) is 35.9 Å². The summed E-state index contributed by atoms with van der Waals surface area (Å²) in [6.45, 7) is 1.16. The second kappa shape index (κ2) is 9.98. The van der Waals surface area contributed by atoms with E-state index in [0.29, 0.717) is 28.6 Å². The lowest BCUT2D eigenvalue weighted by atomic mass is 9.92. The van der Waals surface area contributed by atoms with Crippen LogP contribution in [0.3, 0.4) is 0 Å². The summed E-state index contributed by atoms with van der Waals surface area (Å²) in [7, 11) is 1.39. The Hall–Kier alpha value is -5.03. The Labute approximate surface area is 259 Å². The molecule has 0 aliphatic carbocycles. The lowest BCUT2D eigenvalue weighted by molar-refractivity contribution is -0.287. The molecular weight excluding hydrogens is 640 g/mol. The Morgan fingerprint density at radius 3 is 2.26 bits per heavy atom. The van der Waals surface area contributed by atoms with Crippen molar-refractivity contribution in [2.24, 2.45) is 0 Å². The first-order valence-corrected chi connectivity index (χ1v) is 14.6. The molecule has 2 N–H and O–H groups in total. The molecule has 2 atom stereocenters. The Morgan fingerprint density at radius 1 is 0.891 bits per heavy atom. The van der Waals surface area contributed by atoms with Crippen molar-refractivity contribution in [1.82, 2.24) is 4.98 Å². The highest BCUT2D eigenvalue weighted by atomic mass is 32.1. The number of nitrogens with one attached hydrogen (secondary N) is 2. The molecule has 2 fully saturated rings. The maximum atomic E-state index is 14.0. The highest BCUT2D eigenvalue weighted by Gasteiger charge is 2.46. The number of hydrogen-bond acceptors (Lipinski definition) is 11. The number of thiazole rings is 1. The van der Waals surface area contributed by atoms with Crippen LogP contribution in [0, 0.1) is 0 Å². The van der Waals surface area contributed by atoms with E-state index in [1.807, 2.05) is 0 Å². The number of benzene rings is 3. The van der Waals surface area contributed by atoms with Crippen LogP contribution in [-0.2, 0) is 4.74 Å². The fourth-order valence-electron chi connectivity index (χ4n) is 5.81. The van der Waals surface area contributed by atoms with Crippen molar-refractivity contribution < 1.29 is 55.6 Å². The van der Waals surface area contributed by atoms with Gasteiger partial charge in [0, 0.05) is 17.8 Å². The SMILES string of the molecule is COc1ccc2nc(N3C4COCC3C4)sc2c1C(=O)Nc1cc2c(cc1C(=O)Nc1ccc3c(c1)OC(F)(F)O3)OC(F)(F)O2. The molecule has 0 saturated carbocycles. The minimum atomic E-state index is -4.02. The number of anilines is 3. The number of ether oxygens (including phenoxy) is 6. The number of halogens is 4. The van der Waals surface area contributed by atoms with Crippen molar-refractivity contribution in [3.05, 3.63) is 53.6 Å². The third-order valence-electron chi connectivity index (χ3n) is 7.82. The number of amides is 2. The molecule has 2 saturated heterocycles. The number of morpholine rings is 1. The molecule has 4 aromatic rings. The Morgan fingerprint density at radius 2 is 1.57 bits per heavy atom. The van der Waals surface area contributed by atoms with E-state index < -0.39 is 35.9 Å². The van der Waals surface area contributed by atoms with E-state index in [-0.39, 0.29) is 51.8 Å². The second-order valence-corrected chi connectivity index (χ2v) is 11.7. The first kappa shape index (κ1) is 28.4. The topological polar surface area (TPSA) is 130 Å². The molecule has 2 bridgehead atoms. The molecule has 3 aromatic carbocycles. The zero-order valence-corrected chi connectivity index (χ0v) is 24.2. The first-order valence-electron chi connectivity index (χ1n) is 13.8. The first-order chi connectivity index (χ1) is 22.0. The van der Waals surface area contributed by atoms with Gasteiger partial charge >= 0.3 is 12.6 Å². The van der Waals surface area contributed by atoms with Gasteiger partial charge in [0.1, 0.15) is 11.3 Å². The molecule has 46 heavy (non-hydrogen) atoms. The van der Waals surface area contributed by atoms with Gasteiger partial charge in [0.15, 0.2) is 28.1 Å². The highest BCUT2D eigenvalue weighted by molar-refractivity contribution is 7.22. The van der Waals surface area contributed by atoms with Gasteiger partial charge in [0.25, 0.3) is 11.8 Å². The van der Waals surface area contributed by atoms with Crippen molar-refractivity contribution in [3.63, 3.8) is 0 Å². The van der Waals surface area contributed by atoms with Crippen LogP contribution in [0.5, 0.6) is 28.7 Å². The van der Waals surface area contributed by atoms with E-state index in [9.17, 15) is 27.2 Å². The van der Waals surface area contributed by atoms with Crippen LogP contribution in [0.1, 0.15) is 27.1 Å². The van der Waals surface area contributed by atoms with E-state index in [2.05, 4.69) is 34.5 Å². The van der Waals surface area contributed by atoms with Gasteiger partial charge < -0.3 is 44.0 Å². The van der Waals surface area contributed by atoms with Crippen molar-refractivity contribution in [2.45, 2.75) is 31.1 Å². The Kier molecular flexibility index (Phi) is 6.17. The summed E-state index contributed by atoms with van der Waals surface area (Å²) in [5.74, 6) is -2.90. The molecule has 2 amide bonds. The van der Waals surface area contributed by atoms with Crippen LogP contribution in [-0.4, -0.2) is 61.8 Å². The molecule has 1 aromatic heterocycles. The van der Waals surface area contributed by atoms with Crippen LogP contribution in [0.25, 0.3) is 10.2 Å². The van der Waals surface area contributed by atoms with E-state index in [1.54, 1.807) is 12.1 Å². The number of rotatable bonds is 6. The minimum absolute atomic E-state index is 0.00936. The van der Waals surface area contributed by atoms with Gasteiger partial charge in [-0.25, -0.2) is 4.98 Å². The summed E-state index contributed by atoms with van der Waals surface area (Å²) in [4.78, 5) is 34.3. The lowest BCUT2D eigenvalue weighted by Gasteiger charge is -2.52. The molecule has 8 rings (SSSR count). The van der Waals surface area contributed by atoms with E-state index >= 15 is 0 Å². The number of hydrogen-bond donors (Lipinski definition) is 2. The van der Waals surface area contributed by atoms with Gasteiger partial charge in [-0.15, -0.1) is 17.6 Å². The summed E-state index contributed by atoms with van der Waals surface area (Å²) < 4.78 is 84.4. The van der Waals surface area contributed by atoms with Gasteiger partial charge in [-0.2, -0.15) is 0 Å². The summed E-state index contributed by atoms with van der Waals surface area (Å²) in [5, 5.41) is 5.81. The van der Waals surface area contributed by atoms with Crippen molar-refractivity contribution >= 4 is 49.9 Å². The quantitative estimate of drug-likeness (QED) is 0.258. The van der Waals surface area contributed by atoms with Crippen LogP contribution >= 0.6 is 11.3 Å². The lowest BCUT2D eigenvalue weighted by Crippen LogP contribution is -2.64. The summed E-state index contributed by atoms with van der Waals surface area (Å²) >= 11 is 1.29. The summed E-state index contributed by atoms with van der Waals surface area (Å²) in [5.41, 5.74) is 0.134. The van der Waals surface area contributed by atoms with E-state index in [0.717, 1.165) is 30.7 Å². The predicted molar refractivity (Wildman–Crippen MR) is 153 cm³/mol. The normalized spacial score (nSPS) is 21.1. The van der Waals surface area contributed by atoms with Crippen LogP contribution in [0.2, 0.25) is 0 Å². The molecule has 4 aliphatic heterocycles. The third kappa shape index (κ3) is 4.73. The van der Waals surface area contributed by atoms with Crippen molar-refractivity contribution in [3.8, 4) is 28.7 Å². The van der Waals surface area contributed by atoms with E-state index in [4.69, 9.17) is 14.5 Å². The number of nitrogens with zero attached hydrogens (tertiary/aromatic N) is 2. The largest absolute Gasteiger partial charge is 0.586 e. The smallest absolute Gasteiger partial charge is 0.496 e. The molecule has 0 spiro atoms. The molecular formula is C29H20F4N4O8S. The Bertz CT molecular complexity index is 1940. The fraction of sp³-hybridized carbons (Fsp3) is 0.276. The number of fused-ring (bicyclic) bond motifs is 5. The average Bonchev–Trinajstić information content (AvgIpc) is 3.65. The van der Waals surface area contributed by atoms with Gasteiger partial charge in [0.2, 0.25) is 0 Å². The zero-order valence-electron chi connectivity index (χ0n) is 23.4. The average molecular weight is 661 g/mol. The molecule has 4 aliphatic rings. The molecule has 5 heterocycles. The fourth-order valence-corrected chi connectivity index (χ4v) is 7.05. The minimum Gasteiger partial charge on any atom is -0.496 e. The molecule has 238 valence electrons. The monoisotopic (exact) mass is 660 g/mol. The predicted octanol–water partition coefficient (Wildman–Crippen LogP) is 5.43. The van der Waals surface area contributed by atoms with Crippen LogP contribution < -0.4 is 39.2 Å². The molecule has 17 heteroatoms. The van der Waals surface area contributed by atoms with E-state index in [1.165, 1.54) is 24.5 Å². The number of alkyl halides is 4. The van der Waals surface area contributed by atoms with Gasteiger partial charge in [-0.05, 0) is 36.8 Å². The number of aromatic nitrogens is 1. The van der Waals surface area contributed by atoms with Gasteiger partial charge in [-0.1, -0.05) is 11.3 Å². The summed E-state index contributed by atoms with van der Waals surface area (Å²) in [6.07, 6.45) is -6.91. The van der Waals surface area contributed by atoms with Gasteiger partial charge in [-0.3, -0.25) is 9.59 Å². The van der Waals surface area contributed by atoms with Gasteiger partial charge in [0.05, 0.1) is 53.9 Å². The summed E-state index contributed by atoms with van der Waals surface area (Å²) in [6, 6.07) is 9.19. The maximum absolute atomic E-state index is 14.0. The van der Waals surface area contributed by atoms with Crippen LogP contribution in [0.4, 0.5) is 34.1 Å². The number of carbonyl (C=O) groups is 2. The third-order valence-corrected chi connectivity index (χ3v) is 8.92. The molecule has 12 nitrogen and oxygen atoms in total. The Balaban J connectivity index is 1.13. The maximum Gasteiger partial charge on any atom is 0.586 e. The molecule has 2 unspecified atom stereocenters. The van der Waals surface area contributed by atoms with Crippen molar-refractivity contribution in [1.29, 1.82) is 0 Å². The zero-order chi connectivity index (χ0) is 32.0. The standard InChI is InChI=1S/C29H20F4N4O8S/c1-40-19-5-3-16-24(46-27(36-16)37-13-7-14(37)11-41-10-13)23(19)26(39)35-17-9-22-21(44-29(32,33)45-22)8-15(17)25(38)34-12-2-4-18-20(6-12)43-28(30,31)42-18/h2-6,8-9,13-14H,7,10-11H2,1H3,(H,34,38)(H,35,39). The number of methoxy groups -OCH3 is 1.